The maximum Gasteiger partial charge on any atom is 0.270 e. The number of amides is 1. The number of aromatic amines is 1. The van der Waals surface area contributed by atoms with E-state index in [1.54, 1.807) is 6.07 Å². The zero-order chi connectivity index (χ0) is 20.8. The fourth-order valence-electron chi connectivity index (χ4n) is 4.37. The van der Waals surface area contributed by atoms with Gasteiger partial charge in [0.25, 0.3) is 5.91 Å². The number of nitrogens with one attached hydrogen (secondary N) is 2. The van der Waals surface area contributed by atoms with E-state index >= 15 is 0 Å². The lowest BCUT2D eigenvalue weighted by Crippen LogP contribution is -2.39. The molecule has 1 amide bonds. The first-order valence-corrected chi connectivity index (χ1v) is 10.6. The molecule has 0 bridgehead atoms. The molecule has 0 atom stereocenters. The highest BCUT2D eigenvalue weighted by Gasteiger charge is 2.30. The molecular weight excluding hydrogens is 383 g/mol. The molecule has 2 aromatic heterocycles. The quantitative estimate of drug-likeness (QED) is 0.695. The lowest BCUT2D eigenvalue weighted by molar-refractivity contribution is 0.0940. The molecule has 5 rings (SSSR count). The summed E-state index contributed by atoms with van der Waals surface area (Å²) in [6, 6.07) is 4.65. The third-order valence-corrected chi connectivity index (χ3v) is 6.04. The number of aromatic nitrogens is 4. The van der Waals surface area contributed by atoms with Gasteiger partial charge in [0.05, 0.1) is 11.0 Å². The maximum absolute atomic E-state index is 13.5. The van der Waals surface area contributed by atoms with Crippen LogP contribution in [0.3, 0.4) is 0 Å². The van der Waals surface area contributed by atoms with E-state index in [1.807, 2.05) is 13.8 Å². The lowest BCUT2D eigenvalue weighted by atomic mass is 9.95. The van der Waals surface area contributed by atoms with Crippen LogP contribution in [0, 0.1) is 5.82 Å². The molecule has 0 radical (unpaired) electrons. The number of hydrogen-bond donors (Lipinski definition) is 2. The topological polar surface area (TPSA) is 86.8 Å². The van der Waals surface area contributed by atoms with E-state index in [4.69, 9.17) is 4.98 Å². The van der Waals surface area contributed by atoms with Crippen molar-refractivity contribution in [2.75, 3.05) is 24.5 Å². The van der Waals surface area contributed by atoms with Gasteiger partial charge in [0.15, 0.2) is 0 Å². The number of benzene rings is 1. The molecule has 1 aromatic carbocycles. The Labute approximate surface area is 174 Å². The van der Waals surface area contributed by atoms with Gasteiger partial charge in [0, 0.05) is 37.0 Å². The number of rotatable bonds is 3. The van der Waals surface area contributed by atoms with Crippen LogP contribution in [0.15, 0.2) is 18.2 Å². The number of nitrogens with zero attached hydrogens (tertiary/aromatic N) is 4. The number of H-pyrrole nitrogens is 1. The molecule has 2 aliphatic rings. The van der Waals surface area contributed by atoms with Crippen molar-refractivity contribution in [1.29, 1.82) is 0 Å². The minimum Gasteiger partial charge on any atom is -0.356 e. The SMILES string of the molecule is CC(C)c1nc2c(c(N3CCC(c4nc5ccc(F)cc5[nH]4)CC3)n1)CCNC2=O. The van der Waals surface area contributed by atoms with Crippen molar-refractivity contribution in [3.8, 4) is 0 Å². The molecular formula is C22H25FN6O. The van der Waals surface area contributed by atoms with Crippen molar-refractivity contribution in [3.05, 3.63) is 46.9 Å². The monoisotopic (exact) mass is 408 g/mol. The summed E-state index contributed by atoms with van der Waals surface area (Å²) < 4.78 is 13.5. The Bertz CT molecular complexity index is 1120. The van der Waals surface area contributed by atoms with Gasteiger partial charge in [-0.15, -0.1) is 0 Å². The fraction of sp³-hybridized carbons (Fsp3) is 0.455. The van der Waals surface area contributed by atoms with Crippen molar-refractivity contribution >= 4 is 22.8 Å². The summed E-state index contributed by atoms with van der Waals surface area (Å²) in [5.41, 5.74) is 3.02. The largest absolute Gasteiger partial charge is 0.356 e. The van der Waals surface area contributed by atoms with Gasteiger partial charge in [-0.25, -0.2) is 19.3 Å². The molecule has 8 heteroatoms. The van der Waals surface area contributed by atoms with Crippen molar-refractivity contribution in [2.24, 2.45) is 0 Å². The molecule has 0 unspecified atom stereocenters. The molecule has 0 aliphatic carbocycles. The van der Waals surface area contributed by atoms with Gasteiger partial charge in [-0.3, -0.25) is 4.79 Å². The van der Waals surface area contributed by atoms with Crippen LogP contribution >= 0.6 is 0 Å². The number of fused-ring (bicyclic) bond motifs is 2. The zero-order valence-electron chi connectivity index (χ0n) is 17.2. The summed E-state index contributed by atoms with van der Waals surface area (Å²) in [4.78, 5) is 32.0. The highest BCUT2D eigenvalue weighted by atomic mass is 19.1. The third-order valence-electron chi connectivity index (χ3n) is 6.04. The Morgan fingerprint density at radius 1 is 1.17 bits per heavy atom. The predicted octanol–water partition coefficient (Wildman–Crippen LogP) is 3.29. The van der Waals surface area contributed by atoms with Crippen molar-refractivity contribution in [3.63, 3.8) is 0 Å². The predicted molar refractivity (Wildman–Crippen MR) is 112 cm³/mol. The van der Waals surface area contributed by atoms with Crippen LogP contribution in [0.5, 0.6) is 0 Å². The summed E-state index contributed by atoms with van der Waals surface area (Å²) >= 11 is 0. The Morgan fingerprint density at radius 2 is 1.97 bits per heavy atom. The van der Waals surface area contributed by atoms with Crippen LogP contribution in [0.25, 0.3) is 11.0 Å². The molecule has 30 heavy (non-hydrogen) atoms. The van der Waals surface area contributed by atoms with Crippen LogP contribution in [0.2, 0.25) is 0 Å². The number of imidazole rings is 1. The highest BCUT2D eigenvalue weighted by Crippen LogP contribution is 2.33. The van der Waals surface area contributed by atoms with Crippen LogP contribution in [-0.2, 0) is 6.42 Å². The van der Waals surface area contributed by atoms with E-state index < -0.39 is 0 Å². The Hall–Kier alpha value is -3.03. The lowest BCUT2D eigenvalue weighted by Gasteiger charge is -2.34. The highest BCUT2D eigenvalue weighted by molar-refractivity contribution is 5.96. The van der Waals surface area contributed by atoms with E-state index in [2.05, 4.69) is 25.2 Å². The van der Waals surface area contributed by atoms with Crippen molar-refractivity contribution in [1.82, 2.24) is 25.3 Å². The van der Waals surface area contributed by atoms with E-state index in [0.29, 0.717) is 24.0 Å². The van der Waals surface area contributed by atoms with Gasteiger partial charge in [0.2, 0.25) is 0 Å². The molecule has 156 valence electrons. The average Bonchev–Trinajstić information content (AvgIpc) is 3.16. The van der Waals surface area contributed by atoms with Gasteiger partial charge in [-0.2, -0.15) is 0 Å². The Kier molecular flexibility index (Phi) is 4.64. The summed E-state index contributed by atoms with van der Waals surface area (Å²) in [5, 5.41) is 2.89. The second kappa shape index (κ2) is 7.34. The van der Waals surface area contributed by atoms with E-state index in [1.165, 1.54) is 12.1 Å². The first-order chi connectivity index (χ1) is 14.5. The maximum atomic E-state index is 13.5. The Morgan fingerprint density at radius 3 is 2.73 bits per heavy atom. The summed E-state index contributed by atoms with van der Waals surface area (Å²) in [7, 11) is 0. The van der Waals surface area contributed by atoms with Gasteiger partial charge >= 0.3 is 0 Å². The van der Waals surface area contributed by atoms with Crippen LogP contribution < -0.4 is 10.2 Å². The fourth-order valence-corrected chi connectivity index (χ4v) is 4.37. The number of piperidine rings is 1. The molecule has 0 spiro atoms. The molecule has 4 heterocycles. The van der Waals surface area contributed by atoms with E-state index in [0.717, 1.165) is 60.6 Å². The van der Waals surface area contributed by atoms with E-state index in [9.17, 15) is 9.18 Å². The van der Waals surface area contributed by atoms with Gasteiger partial charge in [0.1, 0.15) is 29.0 Å². The zero-order valence-corrected chi connectivity index (χ0v) is 17.2. The standard InChI is InChI=1S/C22H25FN6O/c1-12(2)19-27-18-15(5-8-24-22(18)30)21(28-19)29-9-6-13(7-10-29)20-25-16-4-3-14(23)11-17(16)26-20/h3-4,11-13H,5-10H2,1-2H3,(H,24,30)(H,25,26). The Balaban J connectivity index is 1.40. The molecule has 0 saturated carbocycles. The number of anilines is 1. The summed E-state index contributed by atoms with van der Waals surface area (Å²) in [6.07, 6.45) is 2.60. The molecule has 1 saturated heterocycles. The smallest absolute Gasteiger partial charge is 0.270 e. The second-order valence-corrected chi connectivity index (χ2v) is 8.44. The van der Waals surface area contributed by atoms with Crippen molar-refractivity contribution in [2.45, 2.75) is 44.9 Å². The van der Waals surface area contributed by atoms with Gasteiger partial charge < -0.3 is 15.2 Å². The minimum atomic E-state index is -0.258. The first kappa shape index (κ1) is 19.0. The number of carbonyl (C=O) groups is 1. The molecule has 3 aromatic rings. The van der Waals surface area contributed by atoms with Crippen LogP contribution in [0.1, 0.15) is 66.2 Å². The van der Waals surface area contributed by atoms with Crippen molar-refractivity contribution < 1.29 is 9.18 Å². The molecule has 1 fully saturated rings. The number of hydrogen-bond acceptors (Lipinski definition) is 5. The molecule has 2 N–H and O–H groups in total. The van der Waals surface area contributed by atoms with Crippen LogP contribution in [0.4, 0.5) is 10.2 Å². The van der Waals surface area contributed by atoms with Gasteiger partial charge in [-0.1, -0.05) is 13.8 Å². The van der Waals surface area contributed by atoms with Gasteiger partial charge in [-0.05, 0) is 37.5 Å². The van der Waals surface area contributed by atoms with E-state index in [-0.39, 0.29) is 17.6 Å². The number of halogens is 1. The average molecular weight is 408 g/mol. The second-order valence-electron chi connectivity index (χ2n) is 8.44. The first-order valence-electron chi connectivity index (χ1n) is 10.6. The molecule has 7 nitrogen and oxygen atoms in total. The normalized spacial score (nSPS) is 17.5. The van der Waals surface area contributed by atoms with Crippen LogP contribution in [-0.4, -0.2) is 45.5 Å². The number of carbonyl (C=O) groups excluding carboxylic acids is 1. The summed E-state index contributed by atoms with van der Waals surface area (Å²) in [5.74, 6) is 2.62. The molecule has 2 aliphatic heterocycles. The minimum absolute atomic E-state index is 0.105. The summed E-state index contributed by atoms with van der Waals surface area (Å²) in [6.45, 7) is 6.37. The third kappa shape index (κ3) is 3.30.